The highest BCUT2D eigenvalue weighted by Crippen LogP contribution is 2.48. The molecular formula is C23H23F4N5O2S. The zero-order valence-electron chi connectivity index (χ0n) is 18.7. The lowest BCUT2D eigenvalue weighted by atomic mass is 9.96. The van der Waals surface area contributed by atoms with Crippen LogP contribution in [0.2, 0.25) is 0 Å². The maximum atomic E-state index is 14.0. The number of aromatic nitrogens is 1. The van der Waals surface area contributed by atoms with E-state index in [0.29, 0.717) is 24.8 Å². The lowest BCUT2D eigenvalue weighted by molar-refractivity contribution is -0.138. The highest BCUT2D eigenvalue weighted by atomic mass is 32.2. The number of alkyl halides is 3. The highest BCUT2D eigenvalue weighted by Gasteiger charge is 2.43. The van der Waals surface area contributed by atoms with Crippen molar-refractivity contribution in [3.8, 4) is 0 Å². The van der Waals surface area contributed by atoms with Crippen LogP contribution in [-0.2, 0) is 16.4 Å². The fourth-order valence-corrected chi connectivity index (χ4v) is 4.31. The molecule has 2 aromatic rings. The molecule has 4 rings (SSSR count). The number of carbonyl (C=O) groups is 2. The Morgan fingerprint density at radius 2 is 1.91 bits per heavy atom. The van der Waals surface area contributed by atoms with Crippen molar-refractivity contribution in [2.45, 2.75) is 30.9 Å². The average Bonchev–Trinajstić information content (AvgIpc) is 3.61. The van der Waals surface area contributed by atoms with Crippen LogP contribution in [0.3, 0.4) is 0 Å². The van der Waals surface area contributed by atoms with E-state index in [4.69, 9.17) is 0 Å². The maximum absolute atomic E-state index is 14.0. The van der Waals surface area contributed by atoms with Crippen molar-refractivity contribution in [3.05, 3.63) is 65.2 Å². The molecule has 0 saturated heterocycles. The van der Waals surface area contributed by atoms with Gasteiger partial charge in [0.05, 0.1) is 5.56 Å². The number of hydrogen-bond donors (Lipinski definition) is 3. The molecule has 1 aromatic carbocycles. The predicted molar refractivity (Wildman–Crippen MR) is 125 cm³/mol. The summed E-state index contributed by atoms with van der Waals surface area (Å²) in [6, 6.07) is 7.00. The molecule has 0 spiro atoms. The summed E-state index contributed by atoms with van der Waals surface area (Å²) >= 11 is 1.58. The third kappa shape index (κ3) is 5.59. The van der Waals surface area contributed by atoms with Crippen LogP contribution in [0.4, 0.5) is 33.9 Å². The molecule has 1 fully saturated rings. The van der Waals surface area contributed by atoms with Crippen LogP contribution in [0.25, 0.3) is 0 Å². The van der Waals surface area contributed by atoms with Gasteiger partial charge in [0, 0.05) is 30.4 Å². The first-order valence-corrected chi connectivity index (χ1v) is 12.0. The van der Waals surface area contributed by atoms with E-state index in [1.165, 1.54) is 16.5 Å². The van der Waals surface area contributed by atoms with E-state index in [1.807, 2.05) is 35.8 Å². The van der Waals surface area contributed by atoms with Crippen LogP contribution in [0.1, 0.15) is 30.4 Å². The molecule has 2 heterocycles. The molecule has 1 aliphatic carbocycles. The minimum atomic E-state index is -4.76. The van der Waals surface area contributed by atoms with Crippen molar-refractivity contribution in [2.24, 2.45) is 0 Å². The number of rotatable bonds is 7. The van der Waals surface area contributed by atoms with E-state index < -0.39 is 35.3 Å². The zero-order chi connectivity index (χ0) is 25.2. The molecule has 3 amide bonds. The lowest BCUT2D eigenvalue weighted by Gasteiger charge is -2.28. The number of pyridine rings is 1. The normalized spacial score (nSPS) is 17.1. The van der Waals surface area contributed by atoms with Crippen LogP contribution >= 0.6 is 11.9 Å². The third-order valence-electron chi connectivity index (χ3n) is 6.03. The van der Waals surface area contributed by atoms with E-state index in [2.05, 4.69) is 15.0 Å². The first-order valence-electron chi connectivity index (χ1n) is 10.8. The number of benzene rings is 1. The van der Waals surface area contributed by atoms with E-state index in [1.54, 1.807) is 11.9 Å². The molecule has 0 unspecified atom stereocenters. The van der Waals surface area contributed by atoms with Crippen LogP contribution in [0.15, 0.2) is 48.3 Å². The maximum Gasteiger partial charge on any atom is 0.417 e. The summed E-state index contributed by atoms with van der Waals surface area (Å²) in [7, 11) is 0. The molecule has 1 aliphatic heterocycles. The molecule has 12 heteroatoms. The summed E-state index contributed by atoms with van der Waals surface area (Å²) in [6.07, 6.45) is 1.84. The highest BCUT2D eigenvalue weighted by molar-refractivity contribution is 7.96. The van der Waals surface area contributed by atoms with Gasteiger partial charge in [0.2, 0.25) is 0 Å². The number of nitrogens with zero attached hydrogens (tertiary/aromatic N) is 2. The van der Waals surface area contributed by atoms with Gasteiger partial charge in [-0.25, -0.2) is 14.2 Å². The minimum absolute atomic E-state index is 0.0204. The van der Waals surface area contributed by atoms with Gasteiger partial charge >= 0.3 is 12.2 Å². The minimum Gasteiger partial charge on any atom is -0.307 e. The van der Waals surface area contributed by atoms with Gasteiger partial charge in [0.1, 0.15) is 5.70 Å². The monoisotopic (exact) mass is 509 g/mol. The molecule has 186 valence electrons. The topological polar surface area (TPSA) is 86.4 Å². The Bertz CT molecular complexity index is 1150. The Balaban J connectivity index is 1.39. The van der Waals surface area contributed by atoms with Crippen LogP contribution in [0.5, 0.6) is 0 Å². The number of carbonyl (C=O) groups excluding carboxylic acids is 2. The molecule has 0 atom stereocenters. The first kappa shape index (κ1) is 25.0. The number of urea groups is 1. The fourth-order valence-electron chi connectivity index (χ4n) is 3.89. The van der Waals surface area contributed by atoms with Crippen LogP contribution in [-0.4, -0.2) is 36.3 Å². The van der Waals surface area contributed by atoms with Gasteiger partial charge in [0.25, 0.3) is 5.91 Å². The van der Waals surface area contributed by atoms with Gasteiger partial charge in [-0.3, -0.25) is 14.8 Å². The van der Waals surface area contributed by atoms with E-state index >= 15 is 0 Å². The van der Waals surface area contributed by atoms with Crippen LogP contribution < -0.4 is 20.3 Å². The smallest absolute Gasteiger partial charge is 0.307 e. The second-order valence-electron chi connectivity index (χ2n) is 8.35. The molecule has 1 aromatic heterocycles. The average molecular weight is 510 g/mol. The standard InChI is InChI=1S/C23H23F4N5O2S/c1-35-29-13-22(8-9-22)14-4-6-16(7-5-14)32-10-2-3-18(20(32)33)30-21(34)31-19-17(24)11-15(12-28-19)23(25,26)27/h3-7,11-12,29H,2,8-10,13H2,1H3,(H2,28,30,31,34). The quantitative estimate of drug-likeness (QED) is 0.376. The van der Waals surface area contributed by atoms with Crippen molar-refractivity contribution in [1.29, 1.82) is 0 Å². The molecule has 0 bridgehead atoms. The molecule has 0 radical (unpaired) electrons. The van der Waals surface area contributed by atoms with Gasteiger partial charge in [-0.15, -0.1) is 0 Å². The van der Waals surface area contributed by atoms with E-state index in [0.717, 1.165) is 19.4 Å². The van der Waals surface area contributed by atoms with Crippen molar-refractivity contribution < 1.29 is 27.2 Å². The summed E-state index contributed by atoms with van der Waals surface area (Å²) in [5.74, 6) is -2.48. The summed E-state index contributed by atoms with van der Waals surface area (Å²) < 4.78 is 55.3. The molecule has 35 heavy (non-hydrogen) atoms. The van der Waals surface area contributed by atoms with E-state index in [9.17, 15) is 27.2 Å². The van der Waals surface area contributed by atoms with Gasteiger partial charge in [-0.2, -0.15) is 13.2 Å². The van der Waals surface area contributed by atoms with Crippen LogP contribution in [0, 0.1) is 5.82 Å². The molecular weight excluding hydrogens is 486 g/mol. The number of nitrogens with one attached hydrogen (secondary N) is 3. The van der Waals surface area contributed by atoms with Gasteiger partial charge in [0.15, 0.2) is 11.6 Å². The zero-order valence-corrected chi connectivity index (χ0v) is 19.5. The largest absolute Gasteiger partial charge is 0.417 e. The summed E-state index contributed by atoms with van der Waals surface area (Å²) in [4.78, 5) is 30.1. The Morgan fingerprint density at radius 1 is 1.20 bits per heavy atom. The predicted octanol–water partition coefficient (Wildman–Crippen LogP) is 4.58. The first-order chi connectivity index (χ1) is 16.6. The summed E-state index contributed by atoms with van der Waals surface area (Å²) in [6.45, 7) is 1.29. The van der Waals surface area contributed by atoms with Crippen molar-refractivity contribution in [3.63, 3.8) is 0 Å². The number of halogens is 4. The lowest BCUT2D eigenvalue weighted by Crippen LogP contribution is -2.43. The Labute approximate surface area is 203 Å². The summed E-state index contributed by atoms with van der Waals surface area (Å²) in [5.41, 5.74) is 0.705. The number of hydrogen-bond acceptors (Lipinski definition) is 5. The van der Waals surface area contributed by atoms with Crippen molar-refractivity contribution in [1.82, 2.24) is 15.0 Å². The number of anilines is 2. The Hall–Kier alpha value is -3.12. The van der Waals surface area contributed by atoms with E-state index in [-0.39, 0.29) is 17.2 Å². The molecule has 2 aliphatic rings. The van der Waals surface area contributed by atoms with Gasteiger partial charge in [-0.05, 0) is 49.3 Å². The van der Waals surface area contributed by atoms with Gasteiger partial charge < -0.3 is 10.2 Å². The van der Waals surface area contributed by atoms with Gasteiger partial charge in [-0.1, -0.05) is 30.2 Å². The SMILES string of the molecule is CSNCC1(c2ccc(N3CCC=C(NC(=O)Nc4ncc(C(F)(F)F)cc4F)C3=O)cc2)CC1. The molecule has 1 saturated carbocycles. The second-order valence-corrected chi connectivity index (χ2v) is 9.04. The summed E-state index contributed by atoms with van der Waals surface area (Å²) in [5, 5.41) is 4.37. The van der Waals surface area contributed by atoms with Crippen molar-refractivity contribution >= 4 is 35.4 Å². The number of amides is 3. The Morgan fingerprint density at radius 3 is 2.51 bits per heavy atom. The fraction of sp³-hybridized carbons (Fsp3) is 0.348. The third-order valence-corrected chi connectivity index (χ3v) is 6.46. The van der Waals surface area contributed by atoms with Crippen molar-refractivity contribution in [2.75, 3.05) is 29.6 Å². The Kier molecular flexibility index (Phi) is 7.04. The molecule has 3 N–H and O–H groups in total. The second kappa shape index (κ2) is 9.86. The molecule has 7 nitrogen and oxygen atoms in total.